The summed E-state index contributed by atoms with van der Waals surface area (Å²) < 4.78 is 5.02. The first-order valence-corrected chi connectivity index (χ1v) is 7.55. The molecule has 0 aromatic heterocycles. The molecule has 1 rings (SSSR count). The van der Waals surface area contributed by atoms with Gasteiger partial charge in [0.15, 0.2) is 0 Å². The molecular formula is C12H22N2O3S. The fourth-order valence-electron chi connectivity index (χ4n) is 1.82. The number of hydrogen-bond donors (Lipinski definition) is 1. The molecule has 5 nitrogen and oxygen atoms in total. The fraction of sp³-hybridized carbons (Fsp3) is 0.833. The minimum atomic E-state index is -0.444. The van der Waals surface area contributed by atoms with E-state index >= 15 is 0 Å². The fourth-order valence-corrected chi connectivity index (χ4v) is 2.85. The topological polar surface area (TPSA) is 72.6 Å². The van der Waals surface area contributed by atoms with Gasteiger partial charge >= 0.3 is 5.97 Å². The normalized spacial score (nSPS) is 21.5. The number of rotatable bonds is 5. The van der Waals surface area contributed by atoms with Crippen LogP contribution in [0.25, 0.3) is 0 Å². The van der Waals surface area contributed by atoms with Gasteiger partial charge in [-0.1, -0.05) is 6.92 Å². The van der Waals surface area contributed by atoms with Crippen LogP contribution >= 0.6 is 11.8 Å². The lowest BCUT2D eigenvalue weighted by atomic mass is 10.1. The Bertz CT molecular complexity index is 299. The zero-order valence-electron chi connectivity index (χ0n) is 11.1. The van der Waals surface area contributed by atoms with Crippen molar-refractivity contribution in [3.8, 4) is 0 Å². The smallest absolute Gasteiger partial charge is 0.329 e. The van der Waals surface area contributed by atoms with Gasteiger partial charge in [0.05, 0.1) is 6.61 Å². The van der Waals surface area contributed by atoms with Crippen LogP contribution < -0.4 is 5.73 Å². The maximum absolute atomic E-state index is 12.1. The van der Waals surface area contributed by atoms with Gasteiger partial charge in [-0.25, -0.2) is 4.79 Å². The average molecular weight is 274 g/mol. The minimum Gasteiger partial charge on any atom is -0.464 e. The highest BCUT2D eigenvalue weighted by Crippen LogP contribution is 2.19. The van der Waals surface area contributed by atoms with Crippen molar-refractivity contribution >= 4 is 23.6 Å². The van der Waals surface area contributed by atoms with Crippen molar-refractivity contribution in [3.05, 3.63) is 0 Å². The Balaban J connectivity index is 2.63. The number of carbonyl (C=O) groups is 2. The second-order valence-corrected chi connectivity index (χ2v) is 5.45. The highest BCUT2D eigenvalue weighted by atomic mass is 32.2. The summed E-state index contributed by atoms with van der Waals surface area (Å²) in [4.78, 5) is 25.6. The lowest BCUT2D eigenvalue weighted by Gasteiger charge is -2.34. The second kappa shape index (κ2) is 7.63. The van der Waals surface area contributed by atoms with E-state index in [0.717, 1.165) is 12.2 Å². The van der Waals surface area contributed by atoms with E-state index in [1.54, 1.807) is 23.6 Å². The van der Waals surface area contributed by atoms with Gasteiger partial charge in [0, 0.05) is 30.5 Å². The number of nitrogens with zero attached hydrogens (tertiary/aromatic N) is 1. The molecule has 1 saturated heterocycles. The zero-order chi connectivity index (χ0) is 13.5. The highest BCUT2D eigenvalue weighted by molar-refractivity contribution is 7.99. The van der Waals surface area contributed by atoms with Crippen LogP contribution in [-0.4, -0.2) is 53.5 Å². The van der Waals surface area contributed by atoms with E-state index in [1.165, 1.54) is 0 Å². The summed E-state index contributed by atoms with van der Waals surface area (Å²) in [7, 11) is 0. The number of amides is 1. The third-order valence-electron chi connectivity index (χ3n) is 2.97. The Hall–Kier alpha value is -0.750. The van der Waals surface area contributed by atoms with Gasteiger partial charge in [0.2, 0.25) is 5.91 Å². The average Bonchev–Trinajstić information content (AvgIpc) is 2.38. The SMILES string of the molecule is CCOC(=O)C1CSCCN1C(=O)CC(N)CC. The molecule has 6 heteroatoms. The first kappa shape index (κ1) is 15.3. The Morgan fingerprint density at radius 2 is 2.22 bits per heavy atom. The molecule has 0 radical (unpaired) electrons. The van der Waals surface area contributed by atoms with Crippen molar-refractivity contribution in [1.29, 1.82) is 0 Å². The second-order valence-electron chi connectivity index (χ2n) is 4.30. The molecule has 0 bridgehead atoms. The van der Waals surface area contributed by atoms with E-state index in [0.29, 0.717) is 25.3 Å². The maximum atomic E-state index is 12.1. The van der Waals surface area contributed by atoms with Gasteiger partial charge in [-0.3, -0.25) is 4.79 Å². The van der Waals surface area contributed by atoms with Crippen LogP contribution in [0.5, 0.6) is 0 Å². The molecule has 0 aromatic carbocycles. The molecule has 2 atom stereocenters. The predicted molar refractivity (Wildman–Crippen MR) is 72.3 cm³/mol. The number of esters is 1. The summed E-state index contributed by atoms with van der Waals surface area (Å²) in [5.74, 6) is 1.14. The molecule has 2 unspecified atom stereocenters. The van der Waals surface area contributed by atoms with Crippen molar-refractivity contribution < 1.29 is 14.3 Å². The number of nitrogens with two attached hydrogens (primary N) is 1. The summed E-state index contributed by atoms with van der Waals surface area (Å²) >= 11 is 1.68. The predicted octanol–water partition coefficient (Wildman–Crippen LogP) is 0.621. The molecule has 2 N–H and O–H groups in total. The standard InChI is InChI=1S/C12H22N2O3S/c1-3-9(13)7-11(15)14-5-6-18-8-10(14)12(16)17-4-2/h9-10H,3-8,13H2,1-2H3. The van der Waals surface area contributed by atoms with Crippen molar-refractivity contribution in [2.75, 3.05) is 24.7 Å². The molecule has 1 aliphatic heterocycles. The van der Waals surface area contributed by atoms with Gasteiger partial charge in [-0.15, -0.1) is 0 Å². The molecule has 0 aliphatic carbocycles. The number of ether oxygens (including phenoxy) is 1. The summed E-state index contributed by atoms with van der Waals surface area (Å²) in [5.41, 5.74) is 5.79. The van der Waals surface area contributed by atoms with E-state index in [1.807, 2.05) is 6.92 Å². The molecule has 1 aliphatic rings. The third-order valence-corrected chi connectivity index (χ3v) is 3.99. The Morgan fingerprint density at radius 3 is 2.83 bits per heavy atom. The summed E-state index contributed by atoms with van der Waals surface area (Å²) in [5, 5.41) is 0. The molecule has 0 saturated carbocycles. The Labute approximate surface area is 112 Å². The molecule has 0 spiro atoms. The lowest BCUT2D eigenvalue weighted by Crippen LogP contribution is -2.51. The lowest BCUT2D eigenvalue weighted by molar-refractivity contribution is -0.154. The molecular weight excluding hydrogens is 252 g/mol. The van der Waals surface area contributed by atoms with Gasteiger partial charge < -0.3 is 15.4 Å². The molecule has 0 aromatic rings. The number of hydrogen-bond acceptors (Lipinski definition) is 5. The number of carbonyl (C=O) groups excluding carboxylic acids is 2. The molecule has 104 valence electrons. The Kier molecular flexibility index (Phi) is 6.49. The van der Waals surface area contributed by atoms with Crippen LogP contribution in [0.4, 0.5) is 0 Å². The van der Waals surface area contributed by atoms with E-state index < -0.39 is 6.04 Å². The third kappa shape index (κ3) is 4.17. The van der Waals surface area contributed by atoms with Crippen molar-refractivity contribution in [2.45, 2.75) is 38.8 Å². The molecule has 1 fully saturated rings. The van der Waals surface area contributed by atoms with E-state index in [4.69, 9.17) is 10.5 Å². The van der Waals surface area contributed by atoms with Gasteiger partial charge in [-0.05, 0) is 13.3 Å². The highest BCUT2D eigenvalue weighted by Gasteiger charge is 2.33. The quantitative estimate of drug-likeness (QED) is 0.744. The number of thioether (sulfide) groups is 1. The minimum absolute atomic E-state index is 0.0392. The van der Waals surface area contributed by atoms with E-state index in [2.05, 4.69) is 0 Å². The zero-order valence-corrected chi connectivity index (χ0v) is 11.9. The van der Waals surface area contributed by atoms with Crippen molar-refractivity contribution in [1.82, 2.24) is 4.90 Å². The van der Waals surface area contributed by atoms with Crippen LogP contribution in [0.15, 0.2) is 0 Å². The van der Waals surface area contributed by atoms with Crippen LogP contribution in [0.2, 0.25) is 0 Å². The van der Waals surface area contributed by atoms with Crippen LogP contribution in [-0.2, 0) is 14.3 Å². The first-order chi connectivity index (χ1) is 8.60. The van der Waals surface area contributed by atoms with E-state index in [9.17, 15) is 9.59 Å². The maximum Gasteiger partial charge on any atom is 0.329 e. The summed E-state index contributed by atoms with van der Waals surface area (Å²) in [6, 6.07) is -0.574. The van der Waals surface area contributed by atoms with Gasteiger partial charge in [0.1, 0.15) is 6.04 Å². The largest absolute Gasteiger partial charge is 0.464 e. The van der Waals surface area contributed by atoms with E-state index in [-0.39, 0.29) is 17.9 Å². The van der Waals surface area contributed by atoms with Gasteiger partial charge in [-0.2, -0.15) is 11.8 Å². The van der Waals surface area contributed by atoms with Crippen LogP contribution in [0, 0.1) is 0 Å². The van der Waals surface area contributed by atoms with Crippen molar-refractivity contribution in [2.24, 2.45) is 5.73 Å². The molecule has 1 heterocycles. The van der Waals surface area contributed by atoms with Gasteiger partial charge in [0.25, 0.3) is 0 Å². The molecule has 1 amide bonds. The van der Waals surface area contributed by atoms with Crippen LogP contribution in [0.1, 0.15) is 26.7 Å². The first-order valence-electron chi connectivity index (χ1n) is 6.39. The monoisotopic (exact) mass is 274 g/mol. The van der Waals surface area contributed by atoms with Crippen LogP contribution in [0.3, 0.4) is 0 Å². The summed E-state index contributed by atoms with van der Waals surface area (Å²) in [6.45, 7) is 4.67. The van der Waals surface area contributed by atoms with Crippen molar-refractivity contribution in [3.63, 3.8) is 0 Å². The molecule has 18 heavy (non-hydrogen) atoms. The summed E-state index contributed by atoms with van der Waals surface area (Å²) in [6.07, 6.45) is 1.06. The Morgan fingerprint density at radius 1 is 1.50 bits per heavy atom.